The SMILES string of the molecule is O=C(NC=C(c1ccccc1)c1cccs1)c1sc2cccnc2c1O. The normalized spacial score (nSPS) is 11.6. The largest absolute Gasteiger partial charge is 0.504 e. The van der Waals surface area contributed by atoms with Crippen molar-refractivity contribution in [2.24, 2.45) is 0 Å². The van der Waals surface area contributed by atoms with Crippen LogP contribution in [0.5, 0.6) is 5.75 Å². The minimum atomic E-state index is -0.351. The van der Waals surface area contributed by atoms with Gasteiger partial charge in [-0.25, -0.2) is 0 Å². The molecule has 3 heterocycles. The molecule has 0 atom stereocenters. The highest BCUT2D eigenvalue weighted by molar-refractivity contribution is 7.21. The van der Waals surface area contributed by atoms with E-state index >= 15 is 0 Å². The monoisotopic (exact) mass is 378 g/mol. The number of carbonyl (C=O) groups excluding carboxylic acids is 1. The molecule has 4 nitrogen and oxygen atoms in total. The number of rotatable bonds is 4. The van der Waals surface area contributed by atoms with Crippen molar-refractivity contribution in [2.45, 2.75) is 0 Å². The number of fused-ring (bicyclic) bond motifs is 1. The van der Waals surface area contributed by atoms with E-state index in [0.717, 1.165) is 20.7 Å². The van der Waals surface area contributed by atoms with Crippen molar-refractivity contribution in [3.63, 3.8) is 0 Å². The van der Waals surface area contributed by atoms with Crippen molar-refractivity contribution >= 4 is 44.4 Å². The molecule has 0 bridgehead atoms. The second kappa shape index (κ2) is 7.11. The molecule has 0 aliphatic carbocycles. The lowest BCUT2D eigenvalue weighted by atomic mass is 10.1. The molecule has 0 spiro atoms. The molecule has 0 saturated carbocycles. The number of amides is 1. The zero-order valence-electron chi connectivity index (χ0n) is 13.5. The second-order valence-electron chi connectivity index (χ2n) is 5.50. The number of thiophene rings is 2. The average Bonchev–Trinajstić information content (AvgIpc) is 3.32. The number of hydrogen-bond donors (Lipinski definition) is 2. The Kier molecular flexibility index (Phi) is 4.51. The highest BCUT2D eigenvalue weighted by Crippen LogP contribution is 2.35. The summed E-state index contributed by atoms with van der Waals surface area (Å²) in [6.45, 7) is 0. The fourth-order valence-corrected chi connectivity index (χ4v) is 4.34. The van der Waals surface area contributed by atoms with Gasteiger partial charge in [0.2, 0.25) is 0 Å². The number of aromatic hydroxyl groups is 1. The molecule has 0 aliphatic heterocycles. The van der Waals surface area contributed by atoms with Crippen LogP contribution >= 0.6 is 22.7 Å². The van der Waals surface area contributed by atoms with E-state index in [4.69, 9.17) is 0 Å². The third-order valence-corrected chi connectivity index (χ3v) is 5.88. The number of nitrogens with zero attached hydrogens (tertiary/aromatic N) is 1. The number of aromatic nitrogens is 1. The van der Waals surface area contributed by atoms with Gasteiger partial charge in [-0.2, -0.15) is 0 Å². The van der Waals surface area contributed by atoms with Crippen LogP contribution in [-0.4, -0.2) is 16.0 Å². The molecule has 2 N–H and O–H groups in total. The molecule has 0 aliphatic rings. The van der Waals surface area contributed by atoms with E-state index in [9.17, 15) is 9.90 Å². The van der Waals surface area contributed by atoms with Crippen LogP contribution in [-0.2, 0) is 0 Å². The van der Waals surface area contributed by atoms with Crippen molar-refractivity contribution in [3.8, 4) is 5.75 Å². The van der Waals surface area contributed by atoms with Crippen LogP contribution in [0.1, 0.15) is 20.1 Å². The summed E-state index contributed by atoms with van der Waals surface area (Å²) in [6, 6.07) is 17.5. The Hall–Kier alpha value is -2.96. The van der Waals surface area contributed by atoms with Crippen LogP contribution in [0.15, 0.2) is 72.4 Å². The number of hydrogen-bond acceptors (Lipinski definition) is 5. The summed E-state index contributed by atoms with van der Waals surface area (Å²) in [5.41, 5.74) is 2.39. The summed E-state index contributed by atoms with van der Waals surface area (Å²) >= 11 is 2.83. The molecule has 0 saturated heterocycles. The van der Waals surface area contributed by atoms with Gasteiger partial charge < -0.3 is 10.4 Å². The lowest BCUT2D eigenvalue weighted by molar-refractivity contribution is 0.0972. The van der Waals surface area contributed by atoms with E-state index in [0.29, 0.717) is 5.52 Å². The smallest absolute Gasteiger partial charge is 0.269 e. The number of pyridine rings is 1. The average molecular weight is 378 g/mol. The van der Waals surface area contributed by atoms with Gasteiger partial charge in [-0.1, -0.05) is 36.4 Å². The standard InChI is InChI=1S/C20H14N2O2S2/c23-18-17-16(8-4-10-21-17)26-19(18)20(24)22-12-14(15-9-5-11-25-15)13-6-2-1-3-7-13/h1-12,23H,(H,22,24). The van der Waals surface area contributed by atoms with Gasteiger partial charge in [-0.15, -0.1) is 22.7 Å². The van der Waals surface area contributed by atoms with Crippen molar-refractivity contribution in [2.75, 3.05) is 0 Å². The predicted octanol–water partition coefficient (Wildman–Crippen LogP) is 4.88. The molecule has 0 unspecified atom stereocenters. The van der Waals surface area contributed by atoms with Crippen LogP contribution in [0.25, 0.3) is 15.8 Å². The van der Waals surface area contributed by atoms with Crippen LogP contribution in [0.3, 0.4) is 0 Å². The first-order valence-corrected chi connectivity index (χ1v) is 9.60. The number of carbonyl (C=O) groups is 1. The highest BCUT2D eigenvalue weighted by atomic mass is 32.1. The summed E-state index contributed by atoms with van der Waals surface area (Å²) in [7, 11) is 0. The molecule has 1 amide bonds. The predicted molar refractivity (Wildman–Crippen MR) is 107 cm³/mol. The quantitative estimate of drug-likeness (QED) is 0.532. The Balaban J connectivity index is 1.67. The summed E-state index contributed by atoms with van der Waals surface area (Å²) < 4.78 is 0.778. The summed E-state index contributed by atoms with van der Waals surface area (Å²) in [4.78, 5) is 18.1. The molecule has 128 valence electrons. The van der Waals surface area contributed by atoms with Gasteiger partial charge in [0, 0.05) is 22.8 Å². The molecule has 1 aromatic carbocycles. The highest BCUT2D eigenvalue weighted by Gasteiger charge is 2.18. The van der Waals surface area contributed by atoms with Crippen LogP contribution < -0.4 is 5.32 Å². The zero-order chi connectivity index (χ0) is 17.9. The van der Waals surface area contributed by atoms with Crippen molar-refractivity contribution in [1.82, 2.24) is 10.3 Å². The van der Waals surface area contributed by atoms with Gasteiger partial charge in [0.25, 0.3) is 5.91 Å². The zero-order valence-corrected chi connectivity index (χ0v) is 15.2. The van der Waals surface area contributed by atoms with Gasteiger partial charge in [-0.05, 0) is 29.1 Å². The maximum Gasteiger partial charge on any atom is 0.269 e. The first kappa shape index (κ1) is 16.5. The lowest BCUT2D eigenvalue weighted by Gasteiger charge is -2.07. The minimum Gasteiger partial charge on any atom is -0.504 e. The number of nitrogens with one attached hydrogen (secondary N) is 1. The van der Waals surface area contributed by atoms with Gasteiger partial charge >= 0.3 is 0 Å². The van der Waals surface area contributed by atoms with Gasteiger partial charge in [0.1, 0.15) is 10.4 Å². The van der Waals surface area contributed by atoms with Gasteiger partial charge in [0.05, 0.1) is 4.70 Å². The van der Waals surface area contributed by atoms with Crippen LogP contribution in [0, 0.1) is 0 Å². The van der Waals surface area contributed by atoms with Crippen molar-refractivity contribution < 1.29 is 9.90 Å². The van der Waals surface area contributed by atoms with E-state index in [1.807, 2.05) is 53.9 Å². The Morgan fingerprint density at radius 3 is 2.65 bits per heavy atom. The Bertz CT molecular complexity index is 1080. The summed E-state index contributed by atoms with van der Waals surface area (Å²) in [6.07, 6.45) is 3.29. The maximum absolute atomic E-state index is 12.6. The Labute approximate surface area is 158 Å². The van der Waals surface area contributed by atoms with Crippen molar-refractivity contribution in [3.05, 3.63) is 87.7 Å². The van der Waals surface area contributed by atoms with E-state index in [-0.39, 0.29) is 16.5 Å². The fourth-order valence-electron chi connectivity index (χ4n) is 2.62. The van der Waals surface area contributed by atoms with E-state index in [1.54, 1.807) is 29.8 Å². The molecule has 4 rings (SSSR count). The molecular weight excluding hydrogens is 364 g/mol. The third-order valence-electron chi connectivity index (χ3n) is 3.85. The molecule has 0 fully saturated rings. The first-order valence-electron chi connectivity index (χ1n) is 7.91. The molecule has 3 aromatic heterocycles. The van der Waals surface area contributed by atoms with Gasteiger partial charge in [0.15, 0.2) is 5.75 Å². The topological polar surface area (TPSA) is 62.2 Å². The molecular formula is C20H14N2O2S2. The van der Waals surface area contributed by atoms with E-state index in [1.165, 1.54) is 11.3 Å². The minimum absolute atomic E-state index is 0.0751. The molecule has 6 heteroatoms. The number of benzene rings is 1. The fraction of sp³-hybridized carbons (Fsp3) is 0. The first-order chi connectivity index (χ1) is 12.7. The summed E-state index contributed by atoms with van der Waals surface area (Å²) in [5.74, 6) is -0.427. The lowest BCUT2D eigenvalue weighted by Crippen LogP contribution is -2.16. The maximum atomic E-state index is 12.6. The van der Waals surface area contributed by atoms with Gasteiger partial charge in [-0.3, -0.25) is 9.78 Å². The van der Waals surface area contributed by atoms with Crippen LogP contribution in [0.2, 0.25) is 0 Å². The van der Waals surface area contributed by atoms with E-state index < -0.39 is 0 Å². The third kappa shape index (κ3) is 3.12. The molecule has 4 aromatic rings. The van der Waals surface area contributed by atoms with E-state index in [2.05, 4.69) is 10.3 Å². The summed E-state index contributed by atoms with van der Waals surface area (Å²) in [5, 5.41) is 15.1. The molecule has 26 heavy (non-hydrogen) atoms. The second-order valence-corrected chi connectivity index (χ2v) is 7.50. The Morgan fingerprint density at radius 1 is 1.08 bits per heavy atom. The van der Waals surface area contributed by atoms with Crippen molar-refractivity contribution in [1.29, 1.82) is 0 Å². The molecule has 0 radical (unpaired) electrons. The Morgan fingerprint density at radius 2 is 1.92 bits per heavy atom. The van der Waals surface area contributed by atoms with Crippen LogP contribution in [0.4, 0.5) is 0 Å².